The van der Waals surface area contributed by atoms with Gasteiger partial charge in [-0.1, -0.05) is 6.42 Å². The summed E-state index contributed by atoms with van der Waals surface area (Å²) in [6, 6.07) is 0.886. The van der Waals surface area contributed by atoms with E-state index in [4.69, 9.17) is 0 Å². The fourth-order valence-corrected chi connectivity index (χ4v) is 4.90. The van der Waals surface area contributed by atoms with Crippen LogP contribution in [0.1, 0.15) is 32.1 Å². The first kappa shape index (κ1) is 13.3. The zero-order valence-corrected chi connectivity index (χ0v) is 11.5. The SMILES string of the molecule is CNCCC1CCCCN1C1CCS(=O)(=O)C1. The smallest absolute Gasteiger partial charge is 0.151 e. The van der Waals surface area contributed by atoms with Gasteiger partial charge in [0.05, 0.1) is 11.5 Å². The lowest BCUT2D eigenvalue weighted by atomic mass is 9.97. The second kappa shape index (κ2) is 5.67. The van der Waals surface area contributed by atoms with E-state index in [0.29, 0.717) is 23.6 Å². The topological polar surface area (TPSA) is 49.4 Å². The fourth-order valence-electron chi connectivity index (χ4n) is 3.16. The highest BCUT2D eigenvalue weighted by molar-refractivity contribution is 7.91. The summed E-state index contributed by atoms with van der Waals surface area (Å²) in [5, 5.41) is 3.20. The minimum Gasteiger partial charge on any atom is -0.320 e. The molecule has 2 fully saturated rings. The second-order valence-electron chi connectivity index (χ2n) is 5.34. The van der Waals surface area contributed by atoms with Crippen molar-refractivity contribution in [2.24, 2.45) is 0 Å². The maximum atomic E-state index is 11.6. The molecule has 1 N–H and O–H groups in total. The molecule has 0 saturated carbocycles. The molecule has 0 bridgehead atoms. The highest BCUT2D eigenvalue weighted by atomic mass is 32.2. The second-order valence-corrected chi connectivity index (χ2v) is 7.57. The first-order chi connectivity index (χ1) is 8.12. The molecule has 0 aromatic carbocycles. The van der Waals surface area contributed by atoms with Crippen molar-refractivity contribution in [3.05, 3.63) is 0 Å². The Balaban J connectivity index is 1.96. The molecule has 2 aliphatic rings. The summed E-state index contributed by atoms with van der Waals surface area (Å²) < 4.78 is 23.1. The highest BCUT2D eigenvalue weighted by Gasteiger charge is 2.36. The van der Waals surface area contributed by atoms with E-state index >= 15 is 0 Å². The maximum absolute atomic E-state index is 11.6. The Morgan fingerprint density at radius 1 is 1.29 bits per heavy atom. The average Bonchev–Trinajstić information content (AvgIpc) is 2.67. The minimum absolute atomic E-state index is 0.294. The van der Waals surface area contributed by atoms with E-state index in [9.17, 15) is 8.42 Å². The van der Waals surface area contributed by atoms with Crippen LogP contribution in [0.2, 0.25) is 0 Å². The van der Waals surface area contributed by atoms with Crippen LogP contribution < -0.4 is 5.32 Å². The molecule has 4 nitrogen and oxygen atoms in total. The van der Waals surface area contributed by atoms with Crippen molar-refractivity contribution in [2.75, 3.05) is 31.6 Å². The predicted octanol–water partition coefficient (Wildman–Crippen LogP) is 0.638. The summed E-state index contributed by atoms with van der Waals surface area (Å²) in [7, 11) is -0.767. The Morgan fingerprint density at radius 3 is 2.76 bits per heavy atom. The molecular formula is C12H24N2O2S. The van der Waals surface area contributed by atoms with Gasteiger partial charge in [0.25, 0.3) is 0 Å². The van der Waals surface area contributed by atoms with E-state index in [1.807, 2.05) is 7.05 Å². The molecule has 5 heteroatoms. The van der Waals surface area contributed by atoms with E-state index in [-0.39, 0.29) is 0 Å². The van der Waals surface area contributed by atoms with Crippen molar-refractivity contribution in [1.82, 2.24) is 10.2 Å². The van der Waals surface area contributed by atoms with Gasteiger partial charge in [0.2, 0.25) is 0 Å². The summed E-state index contributed by atoms with van der Waals surface area (Å²) in [5.41, 5.74) is 0. The Hall–Kier alpha value is -0.130. The molecule has 2 rings (SSSR count). The number of nitrogens with one attached hydrogen (secondary N) is 1. The minimum atomic E-state index is -2.75. The normalized spacial score (nSPS) is 33.9. The lowest BCUT2D eigenvalue weighted by molar-refractivity contribution is 0.100. The standard InChI is InChI=1S/C12H24N2O2S/c1-13-7-5-11-4-2-3-8-14(11)12-6-9-17(15,16)10-12/h11-13H,2-10H2,1H3. The third-order valence-corrected chi connectivity index (χ3v) is 5.83. The Bertz CT molecular complexity index is 342. The lowest BCUT2D eigenvalue weighted by Crippen LogP contribution is -2.47. The first-order valence-electron chi connectivity index (χ1n) is 6.73. The van der Waals surface area contributed by atoms with Gasteiger partial charge in [-0.25, -0.2) is 8.42 Å². The van der Waals surface area contributed by atoms with Gasteiger partial charge in [-0.3, -0.25) is 4.90 Å². The number of likely N-dealkylation sites (tertiary alicyclic amines) is 1. The van der Waals surface area contributed by atoms with Crippen LogP contribution in [0.25, 0.3) is 0 Å². The number of piperidine rings is 1. The van der Waals surface area contributed by atoms with Gasteiger partial charge >= 0.3 is 0 Å². The zero-order chi connectivity index (χ0) is 12.3. The molecule has 17 heavy (non-hydrogen) atoms. The number of rotatable bonds is 4. The van der Waals surface area contributed by atoms with Crippen LogP contribution in [0.5, 0.6) is 0 Å². The molecule has 2 unspecified atom stereocenters. The summed E-state index contributed by atoms with van der Waals surface area (Å²) in [4.78, 5) is 2.48. The number of hydrogen-bond acceptors (Lipinski definition) is 4. The molecule has 2 aliphatic heterocycles. The average molecular weight is 260 g/mol. The van der Waals surface area contributed by atoms with Gasteiger partial charge in [0, 0.05) is 12.1 Å². The van der Waals surface area contributed by atoms with Gasteiger partial charge in [0.1, 0.15) is 0 Å². The van der Waals surface area contributed by atoms with Crippen LogP contribution in [0.4, 0.5) is 0 Å². The van der Waals surface area contributed by atoms with Crippen molar-refractivity contribution >= 4 is 9.84 Å². The van der Waals surface area contributed by atoms with E-state index in [2.05, 4.69) is 10.2 Å². The lowest BCUT2D eigenvalue weighted by Gasteiger charge is -2.39. The summed E-state index contributed by atoms with van der Waals surface area (Å²) in [6.07, 6.45) is 5.75. The van der Waals surface area contributed by atoms with Crippen LogP contribution in [-0.2, 0) is 9.84 Å². The molecule has 0 aliphatic carbocycles. The number of nitrogens with zero attached hydrogens (tertiary/aromatic N) is 1. The van der Waals surface area contributed by atoms with Gasteiger partial charge in [-0.05, 0) is 45.8 Å². The largest absolute Gasteiger partial charge is 0.320 e. The third kappa shape index (κ3) is 3.42. The number of hydrogen-bond donors (Lipinski definition) is 1. The fraction of sp³-hybridized carbons (Fsp3) is 1.00. The predicted molar refractivity (Wildman–Crippen MR) is 69.9 cm³/mol. The highest BCUT2D eigenvalue weighted by Crippen LogP contribution is 2.27. The summed E-state index contributed by atoms with van der Waals surface area (Å²) in [6.45, 7) is 2.12. The summed E-state index contributed by atoms with van der Waals surface area (Å²) in [5.74, 6) is 0.788. The van der Waals surface area contributed by atoms with Crippen molar-refractivity contribution in [3.63, 3.8) is 0 Å². The number of sulfone groups is 1. The van der Waals surface area contributed by atoms with Crippen molar-refractivity contribution < 1.29 is 8.42 Å². The van der Waals surface area contributed by atoms with E-state index in [1.165, 1.54) is 19.3 Å². The first-order valence-corrected chi connectivity index (χ1v) is 8.55. The maximum Gasteiger partial charge on any atom is 0.151 e. The molecule has 0 amide bonds. The van der Waals surface area contributed by atoms with Crippen LogP contribution in [0.15, 0.2) is 0 Å². The van der Waals surface area contributed by atoms with E-state index in [0.717, 1.165) is 25.9 Å². The third-order valence-electron chi connectivity index (χ3n) is 4.08. The quantitative estimate of drug-likeness (QED) is 0.806. The molecule has 0 aromatic rings. The van der Waals surface area contributed by atoms with Crippen LogP contribution >= 0.6 is 0 Å². The van der Waals surface area contributed by atoms with Crippen LogP contribution in [0, 0.1) is 0 Å². The Morgan fingerprint density at radius 2 is 2.12 bits per heavy atom. The molecule has 2 saturated heterocycles. The Kier molecular flexibility index (Phi) is 4.44. The van der Waals surface area contributed by atoms with Gasteiger partial charge in [-0.2, -0.15) is 0 Å². The monoisotopic (exact) mass is 260 g/mol. The zero-order valence-electron chi connectivity index (χ0n) is 10.7. The molecule has 0 aromatic heterocycles. The molecule has 100 valence electrons. The van der Waals surface area contributed by atoms with E-state index in [1.54, 1.807) is 0 Å². The van der Waals surface area contributed by atoms with Crippen LogP contribution in [0.3, 0.4) is 0 Å². The van der Waals surface area contributed by atoms with Crippen molar-refractivity contribution in [2.45, 2.75) is 44.2 Å². The van der Waals surface area contributed by atoms with E-state index < -0.39 is 9.84 Å². The van der Waals surface area contributed by atoms with Crippen molar-refractivity contribution in [1.29, 1.82) is 0 Å². The molecule has 0 spiro atoms. The molecule has 2 heterocycles. The molecule has 0 radical (unpaired) electrons. The van der Waals surface area contributed by atoms with Crippen LogP contribution in [-0.4, -0.2) is 57.0 Å². The van der Waals surface area contributed by atoms with Crippen molar-refractivity contribution in [3.8, 4) is 0 Å². The van der Waals surface area contributed by atoms with Gasteiger partial charge < -0.3 is 5.32 Å². The summed E-state index contributed by atoms with van der Waals surface area (Å²) >= 11 is 0. The Labute approximate surface area is 105 Å². The molecule has 2 atom stereocenters. The van der Waals surface area contributed by atoms with Gasteiger partial charge in [0.15, 0.2) is 9.84 Å². The molecular weight excluding hydrogens is 236 g/mol. The van der Waals surface area contributed by atoms with Gasteiger partial charge in [-0.15, -0.1) is 0 Å².